The molecule has 2 rings (SSSR count). The summed E-state index contributed by atoms with van der Waals surface area (Å²) in [6.45, 7) is 7.69. The van der Waals surface area contributed by atoms with Crippen molar-refractivity contribution in [2.75, 3.05) is 25.0 Å². The Balaban J connectivity index is 2.05. The number of amides is 1. The van der Waals surface area contributed by atoms with Gasteiger partial charge in [-0.3, -0.25) is 9.69 Å². The minimum absolute atomic E-state index is 0.0487. The number of carbonyl (C=O) groups excluding carboxylic acids is 1. The second-order valence-electron chi connectivity index (χ2n) is 6.29. The molecule has 0 aromatic heterocycles. The van der Waals surface area contributed by atoms with Gasteiger partial charge in [-0.1, -0.05) is 17.7 Å². The molecule has 122 valence electrons. The first kappa shape index (κ1) is 17.3. The van der Waals surface area contributed by atoms with Crippen molar-refractivity contribution < 1.29 is 9.90 Å². The molecule has 0 aliphatic carbocycles. The SMILES string of the molecule is Cc1cc(C)c(NC(=O)C(C)N2CCCC(CO)C2)c(Cl)c1. The summed E-state index contributed by atoms with van der Waals surface area (Å²) >= 11 is 6.25. The lowest BCUT2D eigenvalue weighted by molar-refractivity contribution is -0.121. The van der Waals surface area contributed by atoms with Gasteiger partial charge in [-0.05, 0) is 63.3 Å². The maximum atomic E-state index is 12.5. The third-order valence-electron chi connectivity index (χ3n) is 4.42. The fourth-order valence-electron chi connectivity index (χ4n) is 3.07. The highest BCUT2D eigenvalue weighted by molar-refractivity contribution is 6.34. The average molecular weight is 325 g/mol. The summed E-state index contributed by atoms with van der Waals surface area (Å²) < 4.78 is 0. The van der Waals surface area contributed by atoms with E-state index in [-0.39, 0.29) is 24.5 Å². The van der Waals surface area contributed by atoms with Crippen molar-refractivity contribution in [1.29, 1.82) is 0 Å². The largest absolute Gasteiger partial charge is 0.396 e. The molecule has 2 unspecified atom stereocenters. The van der Waals surface area contributed by atoms with Crippen LogP contribution in [0.5, 0.6) is 0 Å². The zero-order chi connectivity index (χ0) is 16.3. The molecule has 4 nitrogen and oxygen atoms in total. The second kappa shape index (κ2) is 7.44. The van der Waals surface area contributed by atoms with Gasteiger partial charge >= 0.3 is 0 Å². The van der Waals surface area contributed by atoms with E-state index in [1.54, 1.807) is 0 Å². The van der Waals surface area contributed by atoms with Crippen LogP contribution in [0.4, 0.5) is 5.69 Å². The number of benzene rings is 1. The fourth-order valence-corrected chi connectivity index (χ4v) is 3.43. The molecular formula is C17H25ClN2O2. The van der Waals surface area contributed by atoms with E-state index < -0.39 is 0 Å². The minimum atomic E-state index is -0.230. The highest BCUT2D eigenvalue weighted by atomic mass is 35.5. The number of nitrogens with one attached hydrogen (secondary N) is 1. The van der Waals surface area contributed by atoms with Crippen LogP contribution in [0.15, 0.2) is 12.1 Å². The second-order valence-corrected chi connectivity index (χ2v) is 6.70. The summed E-state index contributed by atoms with van der Waals surface area (Å²) in [6, 6.07) is 3.64. The first-order valence-corrected chi connectivity index (χ1v) is 8.22. The monoisotopic (exact) mass is 324 g/mol. The smallest absolute Gasteiger partial charge is 0.241 e. The van der Waals surface area contributed by atoms with Crippen LogP contribution in [0.1, 0.15) is 30.9 Å². The molecule has 2 N–H and O–H groups in total. The number of hydrogen-bond acceptors (Lipinski definition) is 3. The Labute approximate surface area is 137 Å². The topological polar surface area (TPSA) is 52.6 Å². The van der Waals surface area contributed by atoms with E-state index in [2.05, 4.69) is 10.2 Å². The molecule has 1 aliphatic rings. The summed E-state index contributed by atoms with van der Waals surface area (Å²) in [4.78, 5) is 14.7. The van der Waals surface area contributed by atoms with Crippen molar-refractivity contribution in [1.82, 2.24) is 4.90 Å². The van der Waals surface area contributed by atoms with Crippen LogP contribution in [-0.4, -0.2) is 41.7 Å². The van der Waals surface area contributed by atoms with E-state index in [0.717, 1.165) is 37.1 Å². The molecular weight excluding hydrogens is 300 g/mol. The average Bonchev–Trinajstić information content (AvgIpc) is 2.49. The van der Waals surface area contributed by atoms with Gasteiger partial charge in [-0.2, -0.15) is 0 Å². The van der Waals surface area contributed by atoms with Gasteiger partial charge in [0.05, 0.1) is 16.8 Å². The third-order valence-corrected chi connectivity index (χ3v) is 4.71. The van der Waals surface area contributed by atoms with Crippen LogP contribution >= 0.6 is 11.6 Å². The molecule has 0 spiro atoms. The number of anilines is 1. The van der Waals surface area contributed by atoms with Gasteiger partial charge in [0.1, 0.15) is 0 Å². The molecule has 0 radical (unpaired) electrons. The normalized spacial score (nSPS) is 20.7. The predicted molar refractivity (Wildman–Crippen MR) is 90.4 cm³/mol. The molecule has 0 saturated carbocycles. The van der Waals surface area contributed by atoms with Gasteiger partial charge in [0.15, 0.2) is 0 Å². The number of halogens is 1. The van der Waals surface area contributed by atoms with Crippen LogP contribution in [0, 0.1) is 19.8 Å². The zero-order valence-electron chi connectivity index (χ0n) is 13.5. The van der Waals surface area contributed by atoms with Crippen molar-refractivity contribution >= 4 is 23.2 Å². The van der Waals surface area contributed by atoms with Gasteiger partial charge < -0.3 is 10.4 Å². The first-order chi connectivity index (χ1) is 10.4. The molecule has 5 heteroatoms. The number of likely N-dealkylation sites (tertiary alicyclic amines) is 1. The summed E-state index contributed by atoms with van der Waals surface area (Å²) in [6.07, 6.45) is 2.05. The number of nitrogens with zero attached hydrogens (tertiary/aromatic N) is 1. The lowest BCUT2D eigenvalue weighted by Gasteiger charge is -2.35. The van der Waals surface area contributed by atoms with Gasteiger partial charge in [-0.25, -0.2) is 0 Å². The Hall–Kier alpha value is -1.10. The Morgan fingerprint density at radius 2 is 2.23 bits per heavy atom. The molecule has 0 bridgehead atoms. The van der Waals surface area contributed by atoms with E-state index in [1.807, 2.05) is 32.9 Å². The van der Waals surface area contributed by atoms with Crippen molar-refractivity contribution in [2.24, 2.45) is 5.92 Å². The molecule has 1 aliphatic heterocycles. The molecule has 1 heterocycles. The molecule has 1 aromatic rings. The molecule has 1 aromatic carbocycles. The fraction of sp³-hybridized carbons (Fsp3) is 0.588. The van der Waals surface area contributed by atoms with Crippen molar-refractivity contribution in [3.8, 4) is 0 Å². The molecule has 22 heavy (non-hydrogen) atoms. The lowest BCUT2D eigenvalue weighted by Crippen LogP contribution is -2.47. The Morgan fingerprint density at radius 1 is 1.50 bits per heavy atom. The van der Waals surface area contributed by atoms with E-state index in [0.29, 0.717) is 10.7 Å². The number of piperidine rings is 1. The number of hydrogen-bond donors (Lipinski definition) is 2. The first-order valence-electron chi connectivity index (χ1n) is 7.85. The summed E-state index contributed by atoms with van der Waals surface area (Å²) in [5.41, 5.74) is 2.74. The van der Waals surface area contributed by atoms with Gasteiger partial charge in [0.25, 0.3) is 0 Å². The summed E-state index contributed by atoms with van der Waals surface area (Å²) in [5.74, 6) is 0.223. The van der Waals surface area contributed by atoms with Crippen LogP contribution < -0.4 is 5.32 Å². The molecule has 1 amide bonds. The van der Waals surface area contributed by atoms with Crippen molar-refractivity contribution in [2.45, 2.75) is 39.7 Å². The maximum absolute atomic E-state index is 12.5. The summed E-state index contributed by atoms with van der Waals surface area (Å²) in [5, 5.41) is 12.9. The van der Waals surface area contributed by atoms with Crippen molar-refractivity contribution in [3.05, 3.63) is 28.3 Å². The van der Waals surface area contributed by atoms with Gasteiger partial charge in [0.2, 0.25) is 5.91 Å². The van der Waals surface area contributed by atoms with Crippen LogP contribution in [0.3, 0.4) is 0 Å². The third kappa shape index (κ3) is 4.00. The molecule has 1 saturated heterocycles. The lowest BCUT2D eigenvalue weighted by atomic mass is 9.97. The quantitative estimate of drug-likeness (QED) is 0.895. The maximum Gasteiger partial charge on any atom is 0.241 e. The molecule has 2 atom stereocenters. The highest BCUT2D eigenvalue weighted by Gasteiger charge is 2.27. The Morgan fingerprint density at radius 3 is 2.86 bits per heavy atom. The number of carbonyl (C=O) groups is 1. The van der Waals surface area contributed by atoms with E-state index >= 15 is 0 Å². The number of aliphatic hydroxyl groups is 1. The van der Waals surface area contributed by atoms with Crippen molar-refractivity contribution in [3.63, 3.8) is 0 Å². The highest BCUT2D eigenvalue weighted by Crippen LogP contribution is 2.28. The zero-order valence-corrected chi connectivity index (χ0v) is 14.3. The standard InChI is InChI=1S/C17H25ClN2O2/c1-11-7-12(2)16(15(18)8-11)19-17(22)13(3)20-6-4-5-14(9-20)10-21/h7-8,13-14,21H,4-6,9-10H2,1-3H3,(H,19,22). The summed E-state index contributed by atoms with van der Waals surface area (Å²) in [7, 11) is 0. The van der Waals surface area contributed by atoms with Gasteiger partial charge in [0, 0.05) is 13.2 Å². The number of aryl methyl sites for hydroxylation is 2. The van der Waals surface area contributed by atoms with Crippen LogP contribution in [0.25, 0.3) is 0 Å². The molecule has 1 fully saturated rings. The number of aliphatic hydroxyl groups excluding tert-OH is 1. The Bertz CT molecular complexity index is 524. The number of rotatable bonds is 4. The van der Waals surface area contributed by atoms with E-state index in [1.165, 1.54) is 0 Å². The Kier molecular flexibility index (Phi) is 5.84. The predicted octanol–water partition coefficient (Wildman–Crippen LogP) is 2.99. The van der Waals surface area contributed by atoms with E-state index in [4.69, 9.17) is 11.6 Å². The van der Waals surface area contributed by atoms with Gasteiger partial charge in [-0.15, -0.1) is 0 Å². The minimum Gasteiger partial charge on any atom is -0.396 e. The van der Waals surface area contributed by atoms with Crippen LogP contribution in [-0.2, 0) is 4.79 Å². The van der Waals surface area contributed by atoms with Crippen LogP contribution in [0.2, 0.25) is 5.02 Å². The van der Waals surface area contributed by atoms with E-state index in [9.17, 15) is 9.90 Å².